The first-order chi connectivity index (χ1) is 12.2. The second-order valence-corrected chi connectivity index (χ2v) is 9.94. The summed E-state index contributed by atoms with van der Waals surface area (Å²) < 4.78 is 12.2. The second-order valence-electron chi connectivity index (χ2n) is 9.94. The van der Waals surface area contributed by atoms with E-state index in [4.69, 9.17) is 9.47 Å². The lowest BCUT2D eigenvalue weighted by molar-refractivity contribution is -0.392. The van der Waals surface area contributed by atoms with Crippen molar-refractivity contribution in [1.29, 1.82) is 0 Å². The molecule has 2 aliphatic heterocycles. The van der Waals surface area contributed by atoms with E-state index in [1.54, 1.807) is 7.11 Å². The van der Waals surface area contributed by atoms with Crippen LogP contribution in [0.25, 0.3) is 0 Å². The molecule has 2 heterocycles. The number of fused-ring (bicyclic) bond motifs is 2. The van der Waals surface area contributed by atoms with Crippen molar-refractivity contribution in [1.82, 2.24) is 0 Å². The molecule has 6 aliphatic rings. The molecular weight excluding hydrogens is 332 g/mol. The molecular formula is C21H30O5. The number of hydrogen-bond acceptors (Lipinski definition) is 5. The Hall–Kier alpha value is -0.750. The lowest BCUT2D eigenvalue weighted by atomic mass is 9.37. The lowest BCUT2D eigenvalue weighted by Gasteiger charge is -2.72. The van der Waals surface area contributed by atoms with E-state index in [0.29, 0.717) is 18.4 Å². The quantitative estimate of drug-likeness (QED) is 0.699. The molecule has 5 nitrogen and oxygen atoms in total. The fourth-order valence-electron chi connectivity index (χ4n) is 8.03. The van der Waals surface area contributed by atoms with Crippen molar-refractivity contribution >= 4 is 5.78 Å². The Kier molecular flexibility index (Phi) is 3.33. The third-order valence-corrected chi connectivity index (χ3v) is 9.17. The van der Waals surface area contributed by atoms with Crippen LogP contribution >= 0.6 is 0 Å². The van der Waals surface area contributed by atoms with Crippen molar-refractivity contribution in [3.05, 3.63) is 12.2 Å². The van der Waals surface area contributed by atoms with Crippen LogP contribution in [0.4, 0.5) is 0 Å². The summed E-state index contributed by atoms with van der Waals surface area (Å²) in [6.45, 7) is 8.32. The van der Waals surface area contributed by atoms with Gasteiger partial charge in [-0.25, -0.2) is 0 Å². The van der Waals surface area contributed by atoms with Gasteiger partial charge in [-0.2, -0.15) is 0 Å². The minimum absolute atomic E-state index is 0.0267. The van der Waals surface area contributed by atoms with E-state index >= 15 is 0 Å². The number of ketones is 1. The van der Waals surface area contributed by atoms with Crippen molar-refractivity contribution in [3.8, 4) is 0 Å². The molecule has 4 bridgehead atoms. The van der Waals surface area contributed by atoms with Crippen LogP contribution in [0.3, 0.4) is 0 Å². The molecule has 4 saturated carbocycles. The van der Waals surface area contributed by atoms with Crippen molar-refractivity contribution in [2.75, 3.05) is 7.11 Å². The molecule has 0 aromatic carbocycles. The van der Waals surface area contributed by atoms with Gasteiger partial charge in [0.1, 0.15) is 0 Å². The van der Waals surface area contributed by atoms with Crippen LogP contribution < -0.4 is 0 Å². The zero-order valence-corrected chi connectivity index (χ0v) is 15.9. The first-order valence-corrected chi connectivity index (χ1v) is 10.0. The van der Waals surface area contributed by atoms with Gasteiger partial charge in [0, 0.05) is 18.4 Å². The van der Waals surface area contributed by atoms with Gasteiger partial charge in [-0.1, -0.05) is 20.4 Å². The molecule has 4 aliphatic carbocycles. The standard InChI is InChI=1S/C21H30O5/c1-10-11-5-6-12-20-8-7-14(22)19(2,3)13(20)9-15(26-18(20)25-4)21(12,16(10)23)17(11)24/h11-15,17-18,22,24H,1,5-9H2,2-4H3/t11-,12-,13+,14-,15+,17+,18-,20+,21-/m0/s1. The largest absolute Gasteiger partial charge is 0.393 e. The average molecular weight is 362 g/mol. The summed E-state index contributed by atoms with van der Waals surface area (Å²) in [4.78, 5) is 13.4. The molecule has 6 rings (SSSR count). The fourth-order valence-corrected chi connectivity index (χ4v) is 8.03. The summed E-state index contributed by atoms with van der Waals surface area (Å²) >= 11 is 0. The van der Waals surface area contributed by atoms with Crippen LogP contribution in [0, 0.1) is 34.0 Å². The normalized spacial score (nSPS) is 57.0. The highest BCUT2D eigenvalue weighted by atomic mass is 16.7. The fraction of sp³-hybridized carbons (Fsp3) is 0.857. The Morgan fingerprint density at radius 2 is 1.92 bits per heavy atom. The third-order valence-electron chi connectivity index (χ3n) is 9.17. The third kappa shape index (κ3) is 1.55. The van der Waals surface area contributed by atoms with Crippen molar-refractivity contribution in [2.45, 2.75) is 70.6 Å². The van der Waals surface area contributed by atoms with Crippen molar-refractivity contribution < 1.29 is 24.5 Å². The molecule has 0 unspecified atom stereocenters. The molecule has 2 saturated heterocycles. The summed E-state index contributed by atoms with van der Waals surface area (Å²) in [6, 6.07) is 0. The Labute approximate surface area is 154 Å². The van der Waals surface area contributed by atoms with Gasteiger partial charge in [0.2, 0.25) is 0 Å². The first-order valence-electron chi connectivity index (χ1n) is 10.0. The number of carbonyl (C=O) groups excluding carboxylic acids is 1. The molecule has 0 radical (unpaired) electrons. The highest BCUT2D eigenvalue weighted by Crippen LogP contribution is 2.75. The summed E-state index contributed by atoms with van der Waals surface area (Å²) in [5.74, 6) is 0.143. The number of aliphatic hydroxyl groups is 2. The monoisotopic (exact) mass is 362 g/mol. The Morgan fingerprint density at radius 3 is 2.62 bits per heavy atom. The van der Waals surface area contributed by atoms with Crippen LogP contribution in [0.2, 0.25) is 0 Å². The van der Waals surface area contributed by atoms with E-state index in [-0.39, 0.29) is 52.9 Å². The maximum absolute atomic E-state index is 13.4. The number of methoxy groups -OCH3 is 1. The predicted octanol–water partition coefficient (Wildman–Crippen LogP) is 2.06. The SMILES string of the molecule is C=C1C(=O)[C@]23[C@H](O)[C@H]1CC[C@H]2[C@]12CC[C@H](O)C(C)(C)[C@H]1C[C@H]3O[C@@H]2OC. The lowest BCUT2D eigenvalue weighted by Crippen LogP contribution is -2.77. The van der Waals surface area contributed by atoms with Gasteiger partial charge in [0.25, 0.3) is 0 Å². The number of rotatable bonds is 1. The maximum Gasteiger partial charge on any atom is 0.170 e. The van der Waals surface area contributed by atoms with Gasteiger partial charge in [-0.05, 0) is 54.9 Å². The van der Waals surface area contributed by atoms with Crippen LogP contribution in [0.15, 0.2) is 12.2 Å². The topological polar surface area (TPSA) is 76.0 Å². The minimum Gasteiger partial charge on any atom is -0.393 e. The molecule has 9 atom stereocenters. The van der Waals surface area contributed by atoms with Gasteiger partial charge < -0.3 is 19.7 Å². The number of aliphatic hydroxyl groups excluding tert-OH is 2. The predicted molar refractivity (Wildman–Crippen MR) is 94.0 cm³/mol. The summed E-state index contributed by atoms with van der Waals surface area (Å²) in [7, 11) is 1.68. The van der Waals surface area contributed by atoms with Crippen molar-refractivity contribution in [2.24, 2.45) is 34.0 Å². The molecule has 0 amide bonds. The molecule has 144 valence electrons. The Bertz CT molecular complexity index is 686. The van der Waals surface area contributed by atoms with E-state index in [2.05, 4.69) is 20.4 Å². The number of ether oxygens (including phenoxy) is 2. The van der Waals surface area contributed by atoms with Gasteiger partial charge >= 0.3 is 0 Å². The first kappa shape index (κ1) is 17.4. The van der Waals surface area contributed by atoms with Crippen LogP contribution in [0.1, 0.15) is 46.0 Å². The molecule has 6 fully saturated rings. The smallest absolute Gasteiger partial charge is 0.170 e. The zero-order valence-electron chi connectivity index (χ0n) is 15.9. The van der Waals surface area contributed by atoms with E-state index in [9.17, 15) is 15.0 Å². The van der Waals surface area contributed by atoms with E-state index in [0.717, 1.165) is 19.3 Å². The molecule has 0 aromatic rings. The van der Waals surface area contributed by atoms with Gasteiger partial charge in [0.15, 0.2) is 12.1 Å². The molecule has 2 N–H and O–H groups in total. The second kappa shape index (κ2) is 4.99. The summed E-state index contributed by atoms with van der Waals surface area (Å²) in [5.41, 5.74) is -0.866. The Morgan fingerprint density at radius 1 is 1.19 bits per heavy atom. The molecule has 5 heteroatoms. The number of carbonyl (C=O) groups is 1. The van der Waals surface area contributed by atoms with Gasteiger partial charge in [0.05, 0.1) is 23.7 Å². The van der Waals surface area contributed by atoms with E-state index in [1.807, 2.05) is 0 Å². The highest BCUT2D eigenvalue weighted by Gasteiger charge is 2.80. The van der Waals surface area contributed by atoms with Gasteiger partial charge in [-0.3, -0.25) is 4.79 Å². The summed E-state index contributed by atoms with van der Waals surface area (Å²) in [5, 5.41) is 22.0. The van der Waals surface area contributed by atoms with Crippen LogP contribution in [0.5, 0.6) is 0 Å². The minimum atomic E-state index is -0.857. The maximum atomic E-state index is 13.4. The van der Waals surface area contributed by atoms with Crippen LogP contribution in [-0.2, 0) is 14.3 Å². The van der Waals surface area contributed by atoms with Crippen molar-refractivity contribution in [3.63, 3.8) is 0 Å². The number of hydrogen-bond donors (Lipinski definition) is 2. The molecule has 0 aromatic heterocycles. The van der Waals surface area contributed by atoms with Gasteiger partial charge in [-0.15, -0.1) is 0 Å². The zero-order chi connectivity index (χ0) is 18.6. The van der Waals surface area contributed by atoms with E-state index in [1.165, 1.54) is 0 Å². The molecule has 2 spiro atoms. The summed E-state index contributed by atoms with van der Waals surface area (Å²) in [6.07, 6.45) is 2.06. The van der Waals surface area contributed by atoms with E-state index < -0.39 is 11.5 Å². The number of Topliss-reactive ketones (excluding diaryl/α,β-unsaturated/α-hetero) is 1. The highest BCUT2D eigenvalue weighted by molar-refractivity contribution is 6.04. The molecule has 26 heavy (non-hydrogen) atoms. The van der Waals surface area contributed by atoms with Crippen LogP contribution in [-0.4, -0.2) is 47.7 Å². The average Bonchev–Trinajstić information content (AvgIpc) is 2.73. The Balaban J connectivity index is 1.72.